The predicted molar refractivity (Wildman–Crippen MR) is 110 cm³/mol. The Bertz CT molecular complexity index is 980. The van der Waals surface area contributed by atoms with E-state index in [1.165, 1.54) is 0 Å². The Balaban J connectivity index is 1.41. The van der Waals surface area contributed by atoms with Crippen molar-refractivity contribution in [3.63, 3.8) is 0 Å². The number of nitrogens with zero attached hydrogens (tertiary/aromatic N) is 4. The summed E-state index contributed by atoms with van der Waals surface area (Å²) in [6, 6.07) is 5.44. The molecule has 0 aliphatic carbocycles. The van der Waals surface area contributed by atoms with Crippen molar-refractivity contribution in [2.24, 2.45) is 0 Å². The van der Waals surface area contributed by atoms with E-state index in [1.54, 1.807) is 6.07 Å². The highest BCUT2D eigenvalue weighted by atomic mass is 16.5. The molecule has 1 aromatic heterocycles. The van der Waals surface area contributed by atoms with Gasteiger partial charge < -0.3 is 24.0 Å². The summed E-state index contributed by atoms with van der Waals surface area (Å²) in [6.07, 6.45) is 3.51. The number of carbonyl (C=O) groups excluding carboxylic acids is 1. The summed E-state index contributed by atoms with van der Waals surface area (Å²) >= 11 is 0. The minimum Gasteiger partial charge on any atom is -0.490 e. The summed E-state index contributed by atoms with van der Waals surface area (Å²) in [7, 11) is 3.87. The van der Waals surface area contributed by atoms with Gasteiger partial charge in [-0.25, -0.2) is 9.97 Å². The zero-order valence-corrected chi connectivity index (χ0v) is 17.4. The Morgan fingerprint density at radius 2 is 2.03 bits per heavy atom. The van der Waals surface area contributed by atoms with E-state index >= 15 is 0 Å². The van der Waals surface area contributed by atoms with Crippen LogP contribution in [-0.2, 0) is 16.8 Å². The summed E-state index contributed by atoms with van der Waals surface area (Å²) in [4.78, 5) is 26.3. The van der Waals surface area contributed by atoms with Gasteiger partial charge in [-0.1, -0.05) is 0 Å². The van der Waals surface area contributed by atoms with E-state index in [1.807, 2.05) is 42.2 Å². The molecule has 158 valence electrons. The average molecular weight is 410 g/mol. The second-order valence-electron chi connectivity index (χ2n) is 8.40. The molecule has 1 spiro atoms. The number of aromatic nitrogens is 2. The molecule has 0 saturated carbocycles. The molecule has 8 heteroatoms. The number of hydrogen-bond donors (Lipinski definition) is 0. The molecule has 0 unspecified atom stereocenters. The van der Waals surface area contributed by atoms with Crippen molar-refractivity contribution in [3.05, 3.63) is 41.2 Å². The fourth-order valence-corrected chi connectivity index (χ4v) is 4.44. The van der Waals surface area contributed by atoms with Gasteiger partial charge in [0.05, 0.1) is 37.5 Å². The smallest absolute Gasteiger partial charge is 0.254 e. The quantitative estimate of drug-likeness (QED) is 0.750. The van der Waals surface area contributed by atoms with Crippen LogP contribution in [0.4, 0.5) is 5.95 Å². The first-order valence-electron chi connectivity index (χ1n) is 10.4. The van der Waals surface area contributed by atoms with Gasteiger partial charge in [0, 0.05) is 50.9 Å². The van der Waals surface area contributed by atoms with Crippen molar-refractivity contribution in [1.82, 2.24) is 14.9 Å². The lowest BCUT2D eigenvalue weighted by Crippen LogP contribution is -2.42. The number of anilines is 1. The molecule has 3 aliphatic heterocycles. The lowest BCUT2D eigenvalue weighted by molar-refractivity contribution is 0.0484. The molecule has 1 atom stereocenters. The molecule has 1 saturated heterocycles. The number of likely N-dealkylation sites (tertiary alicyclic amines) is 1. The van der Waals surface area contributed by atoms with Crippen molar-refractivity contribution in [3.8, 4) is 11.5 Å². The first kappa shape index (κ1) is 19.1. The Morgan fingerprint density at radius 3 is 2.87 bits per heavy atom. The molecule has 1 aromatic carbocycles. The van der Waals surface area contributed by atoms with E-state index in [-0.39, 0.29) is 11.3 Å². The Kier molecular flexibility index (Phi) is 4.73. The number of benzene rings is 1. The van der Waals surface area contributed by atoms with E-state index in [0.717, 1.165) is 24.1 Å². The Labute approximate surface area is 175 Å². The molecule has 0 N–H and O–H groups in total. The first-order chi connectivity index (χ1) is 14.6. The molecule has 5 rings (SSSR count). The number of amides is 1. The van der Waals surface area contributed by atoms with Gasteiger partial charge in [-0.15, -0.1) is 0 Å². The Hall–Kier alpha value is -2.87. The predicted octanol–water partition coefficient (Wildman–Crippen LogP) is 2.02. The monoisotopic (exact) mass is 410 g/mol. The van der Waals surface area contributed by atoms with Crippen molar-refractivity contribution >= 4 is 11.9 Å². The average Bonchev–Trinajstić information content (AvgIpc) is 3.03. The maximum Gasteiger partial charge on any atom is 0.254 e. The number of fused-ring (bicyclic) bond motifs is 3. The summed E-state index contributed by atoms with van der Waals surface area (Å²) in [6.45, 7) is 3.55. The molecule has 4 heterocycles. The van der Waals surface area contributed by atoms with Gasteiger partial charge in [0.1, 0.15) is 0 Å². The third-order valence-corrected chi connectivity index (χ3v) is 6.03. The van der Waals surface area contributed by atoms with Crippen LogP contribution in [0.1, 0.15) is 34.5 Å². The van der Waals surface area contributed by atoms with Crippen molar-refractivity contribution < 1.29 is 19.0 Å². The number of carbonyl (C=O) groups is 1. The van der Waals surface area contributed by atoms with Crippen molar-refractivity contribution in [1.29, 1.82) is 0 Å². The van der Waals surface area contributed by atoms with Gasteiger partial charge in [0.15, 0.2) is 11.5 Å². The van der Waals surface area contributed by atoms with Crippen molar-refractivity contribution in [2.75, 3.05) is 51.9 Å². The number of hydrogen-bond acceptors (Lipinski definition) is 7. The maximum atomic E-state index is 13.3. The maximum absolute atomic E-state index is 13.3. The van der Waals surface area contributed by atoms with Gasteiger partial charge in [0.25, 0.3) is 5.91 Å². The molecule has 0 radical (unpaired) electrons. The molecule has 0 bridgehead atoms. The summed E-state index contributed by atoms with van der Waals surface area (Å²) in [5.74, 6) is 2.02. The summed E-state index contributed by atoms with van der Waals surface area (Å²) in [5, 5.41) is 0. The van der Waals surface area contributed by atoms with Crippen LogP contribution in [0.15, 0.2) is 24.4 Å². The van der Waals surface area contributed by atoms with Crippen LogP contribution < -0.4 is 14.4 Å². The molecular formula is C22H26N4O4. The van der Waals surface area contributed by atoms with Crippen LogP contribution in [0.3, 0.4) is 0 Å². The van der Waals surface area contributed by atoms with Gasteiger partial charge in [-0.05, 0) is 24.6 Å². The van der Waals surface area contributed by atoms with Crippen LogP contribution in [0.25, 0.3) is 0 Å². The molecule has 1 fully saturated rings. The van der Waals surface area contributed by atoms with Gasteiger partial charge in [-0.3, -0.25) is 4.79 Å². The van der Waals surface area contributed by atoms with Crippen LogP contribution in [0.5, 0.6) is 11.5 Å². The molecule has 3 aliphatic rings. The summed E-state index contributed by atoms with van der Waals surface area (Å²) < 4.78 is 17.3. The van der Waals surface area contributed by atoms with Crippen LogP contribution in [0, 0.1) is 0 Å². The molecular weight excluding hydrogens is 384 g/mol. The normalized spacial score (nSPS) is 22.5. The lowest BCUT2D eigenvalue weighted by atomic mass is 9.80. The summed E-state index contributed by atoms with van der Waals surface area (Å²) in [5.41, 5.74) is 2.35. The van der Waals surface area contributed by atoms with E-state index < -0.39 is 0 Å². The molecule has 1 amide bonds. The second-order valence-corrected chi connectivity index (χ2v) is 8.40. The molecule has 30 heavy (non-hydrogen) atoms. The first-order valence-corrected chi connectivity index (χ1v) is 10.4. The van der Waals surface area contributed by atoms with Crippen LogP contribution in [0.2, 0.25) is 0 Å². The van der Waals surface area contributed by atoms with E-state index in [4.69, 9.17) is 19.2 Å². The lowest BCUT2D eigenvalue weighted by Gasteiger charge is -2.34. The minimum atomic E-state index is -0.289. The SMILES string of the molecule is CN(C)c1ncc2c(n1)[C@]1(CCN(C(=O)c3ccc4c(c3)OCCCO4)C1)COC2. The van der Waals surface area contributed by atoms with E-state index in [9.17, 15) is 4.79 Å². The molecule has 2 aromatic rings. The number of rotatable bonds is 2. The topological polar surface area (TPSA) is 77.0 Å². The van der Waals surface area contributed by atoms with Crippen LogP contribution >= 0.6 is 0 Å². The zero-order chi connectivity index (χ0) is 20.7. The van der Waals surface area contributed by atoms with E-state index in [2.05, 4.69) is 4.98 Å². The number of ether oxygens (including phenoxy) is 3. The van der Waals surface area contributed by atoms with E-state index in [0.29, 0.717) is 62.5 Å². The minimum absolute atomic E-state index is 0.00321. The highest BCUT2D eigenvalue weighted by Crippen LogP contribution is 2.40. The second kappa shape index (κ2) is 7.43. The standard InChI is InChI=1S/C22H26N4O4/c1-25(2)21-23-11-16-12-28-14-22(19(16)24-21)6-7-26(13-22)20(27)15-4-5-17-18(10-15)30-9-3-8-29-17/h4-5,10-11H,3,6-9,12-14H2,1-2H3/t22-/m0/s1. The largest absolute Gasteiger partial charge is 0.490 e. The third kappa shape index (κ3) is 3.25. The van der Waals surface area contributed by atoms with Gasteiger partial charge in [0.2, 0.25) is 5.95 Å². The van der Waals surface area contributed by atoms with Gasteiger partial charge in [-0.2, -0.15) is 0 Å². The third-order valence-electron chi connectivity index (χ3n) is 6.03. The highest BCUT2D eigenvalue weighted by Gasteiger charge is 2.46. The zero-order valence-electron chi connectivity index (χ0n) is 17.4. The fourth-order valence-electron chi connectivity index (χ4n) is 4.44. The van der Waals surface area contributed by atoms with Crippen molar-refractivity contribution in [2.45, 2.75) is 24.9 Å². The fraction of sp³-hybridized carbons (Fsp3) is 0.500. The Morgan fingerprint density at radius 1 is 1.20 bits per heavy atom. The highest BCUT2D eigenvalue weighted by molar-refractivity contribution is 5.95. The van der Waals surface area contributed by atoms with Crippen LogP contribution in [-0.4, -0.2) is 67.8 Å². The van der Waals surface area contributed by atoms with Gasteiger partial charge >= 0.3 is 0 Å². The molecule has 8 nitrogen and oxygen atoms in total.